The molecule has 5 rings (SSSR count). The second kappa shape index (κ2) is 10.2. The van der Waals surface area contributed by atoms with Gasteiger partial charge in [0.15, 0.2) is 5.11 Å². The Bertz CT molecular complexity index is 1470. The van der Waals surface area contributed by atoms with Gasteiger partial charge in [0.2, 0.25) is 0 Å². The molecule has 0 bridgehead atoms. The Labute approximate surface area is 231 Å². The number of aromatic nitrogens is 2. The summed E-state index contributed by atoms with van der Waals surface area (Å²) in [6.07, 6.45) is 1.80. The summed E-state index contributed by atoms with van der Waals surface area (Å²) in [6.45, 7) is 4.17. The van der Waals surface area contributed by atoms with Gasteiger partial charge >= 0.3 is 0 Å². The first-order valence-electron chi connectivity index (χ1n) is 11.7. The SMILES string of the molecule is COc1ccc(N2C(=S)N[C@H](c3ccccn3)[C@@H]2c2cc(C)n(-c3cc(Cl)ccc3OC)c2C)cc1Cl. The van der Waals surface area contributed by atoms with Crippen molar-refractivity contribution in [2.75, 3.05) is 19.1 Å². The molecule has 0 radical (unpaired) electrons. The fourth-order valence-electron chi connectivity index (χ4n) is 5.05. The Hall–Kier alpha value is -3.26. The second-order valence-electron chi connectivity index (χ2n) is 8.79. The first kappa shape index (κ1) is 25.4. The van der Waals surface area contributed by atoms with Crippen molar-refractivity contribution in [2.24, 2.45) is 0 Å². The third-order valence-corrected chi connectivity index (χ3v) is 7.53. The van der Waals surface area contributed by atoms with Gasteiger partial charge in [0.05, 0.1) is 42.7 Å². The highest BCUT2D eigenvalue weighted by atomic mass is 35.5. The maximum absolute atomic E-state index is 6.53. The molecule has 1 N–H and O–H groups in total. The van der Waals surface area contributed by atoms with Gasteiger partial charge in [0.1, 0.15) is 11.5 Å². The molecule has 1 aliphatic heterocycles. The van der Waals surface area contributed by atoms with Crippen molar-refractivity contribution in [2.45, 2.75) is 25.9 Å². The molecular weight excluding hydrogens is 527 g/mol. The quantitative estimate of drug-likeness (QED) is 0.260. The average Bonchev–Trinajstić information content (AvgIpc) is 3.39. The van der Waals surface area contributed by atoms with Crippen LogP contribution < -0.4 is 19.7 Å². The zero-order valence-electron chi connectivity index (χ0n) is 20.8. The third-order valence-electron chi connectivity index (χ3n) is 6.68. The van der Waals surface area contributed by atoms with E-state index >= 15 is 0 Å². The van der Waals surface area contributed by atoms with Crippen LogP contribution in [0.1, 0.15) is 34.7 Å². The summed E-state index contributed by atoms with van der Waals surface area (Å²) < 4.78 is 13.2. The number of pyridine rings is 1. The smallest absolute Gasteiger partial charge is 0.174 e. The standard InChI is InChI=1S/C28H26Cl2N4O2S/c1-16-13-20(17(2)33(16)23-14-18(29)8-10-25(23)36-4)27-26(22-7-5-6-12-31-22)32-28(37)34(27)19-9-11-24(35-3)21(30)15-19/h5-15,26-27H,1-4H3,(H,32,37)/t26-,27+/m1/s1. The summed E-state index contributed by atoms with van der Waals surface area (Å²) in [4.78, 5) is 6.76. The van der Waals surface area contributed by atoms with Crippen LogP contribution in [0.2, 0.25) is 10.0 Å². The molecule has 0 unspecified atom stereocenters. The van der Waals surface area contributed by atoms with E-state index in [4.69, 9.17) is 44.9 Å². The second-order valence-corrected chi connectivity index (χ2v) is 10.0. The first-order chi connectivity index (χ1) is 17.8. The first-order valence-corrected chi connectivity index (χ1v) is 12.9. The minimum atomic E-state index is -0.197. The number of nitrogens with zero attached hydrogens (tertiary/aromatic N) is 3. The highest BCUT2D eigenvalue weighted by molar-refractivity contribution is 7.80. The molecule has 2 aromatic carbocycles. The van der Waals surface area contributed by atoms with Crippen molar-refractivity contribution in [3.05, 3.63) is 99.6 Å². The average molecular weight is 554 g/mol. The number of hydrogen-bond acceptors (Lipinski definition) is 4. The van der Waals surface area contributed by atoms with Crippen LogP contribution >= 0.6 is 35.4 Å². The van der Waals surface area contributed by atoms with Crippen LogP contribution in [0.15, 0.2) is 66.9 Å². The Balaban J connectivity index is 1.70. The van der Waals surface area contributed by atoms with Crippen molar-refractivity contribution in [3.8, 4) is 17.2 Å². The summed E-state index contributed by atoms with van der Waals surface area (Å²) in [5, 5.41) is 5.24. The molecule has 0 spiro atoms. The third kappa shape index (κ3) is 4.52. The lowest BCUT2D eigenvalue weighted by molar-refractivity contribution is 0.412. The van der Waals surface area contributed by atoms with Crippen LogP contribution in [-0.2, 0) is 0 Å². The van der Waals surface area contributed by atoms with E-state index < -0.39 is 0 Å². The summed E-state index contributed by atoms with van der Waals surface area (Å²) in [6, 6.07) is 19.0. The number of ether oxygens (including phenoxy) is 2. The fraction of sp³-hybridized carbons (Fsp3) is 0.214. The zero-order chi connectivity index (χ0) is 26.3. The number of halogens is 2. The molecule has 0 aliphatic carbocycles. The van der Waals surface area contributed by atoms with Crippen LogP contribution in [0.3, 0.4) is 0 Å². The highest BCUT2D eigenvalue weighted by Gasteiger charge is 2.42. The summed E-state index contributed by atoms with van der Waals surface area (Å²) >= 11 is 18.8. The van der Waals surface area contributed by atoms with E-state index in [1.165, 1.54) is 0 Å². The van der Waals surface area contributed by atoms with Crippen LogP contribution in [0.4, 0.5) is 5.69 Å². The molecule has 1 saturated heterocycles. The molecule has 37 heavy (non-hydrogen) atoms. The molecule has 1 aliphatic rings. The maximum Gasteiger partial charge on any atom is 0.174 e. The molecule has 4 aromatic rings. The number of thiocarbonyl (C=S) groups is 1. The molecule has 3 heterocycles. The lowest BCUT2D eigenvalue weighted by Gasteiger charge is -2.28. The summed E-state index contributed by atoms with van der Waals surface area (Å²) in [5.74, 6) is 1.34. The van der Waals surface area contributed by atoms with Crippen molar-refractivity contribution < 1.29 is 9.47 Å². The van der Waals surface area contributed by atoms with E-state index in [2.05, 4.69) is 39.7 Å². The van der Waals surface area contributed by atoms with E-state index in [-0.39, 0.29) is 12.1 Å². The van der Waals surface area contributed by atoms with E-state index in [0.717, 1.165) is 39.8 Å². The number of rotatable bonds is 6. The Morgan fingerprint density at radius 3 is 2.38 bits per heavy atom. The minimum Gasteiger partial charge on any atom is -0.495 e. The summed E-state index contributed by atoms with van der Waals surface area (Å²) in [7, 11) is 3.26. The number of benzene rings is 2. The highest BCUT2D eigenvalue weighted by Crippen LogP contribution is 2.45. The van der Waals surface area contributed by atoms with Gasteiger partial charge in [-0.25, -0.2) is 0 Å². The molecule has 1 fully saturated rings. The largest absolute Gasteiger partial charge is 0.495 e. The predicted octanol–water partition coefficient (Wildman–Crippen LogP) is 6.99. The van der Waals surface area contributed by atoms with Gasteiger partial charge in [0, 0.05) is 28.3 Å². The van der Waals surface area contributed by atoms with Gasteiger partial charge < -0.3 is 24.3 Å². The van der Waals surface area contributed by atoms with Crippen LogP contribution in [0.25, 0.3) is 5.69 Å². The maximum atomic E-state index is 6.53. The van der Waals surface area contributed by atoms with E-state index in [1.54, 1.807) is 20.4 Å². The molecule has 9 heteroatoms. The fourth-order valence-corrected chi connectivity index (χ4v) is 5.81. The van der Waals surface area contributed by atoms with Crippen molar-refractivity contribution in [3.63, 3.8) is 0 Å². The lowest BCUT2D eigenvalue weighted by atomic mass is 9.96. The van der Waals surface area contributed by atoms with E-state index in [9.17, 15) is 0 Å². The normalized spacial score (nSPS) is 17.1. The van der Waals surface area contributed by atoms with Crippen molar-refractivity contribution >= 4 is 46.2 Å². The van der Waals surface area contributed by atoms with Gasteiger partial charge in [-0.1, -0.05) is 29.3 Å². The number of hydrogen-bond donors (Lipinski definition) is 1. The Morgan fingerprint density at radius 2 is 1.70 bits per heavy atom. The van der Waals surface area contributed by atoms with Gasteiger partial charge in [-0.2, -0.15) is 0 Å². The molecule has 2 atom stereocenters. The molecule has 190 valence electrons. The number of aryl methyl sites for hydroxylation is 1. The molecular formula is C28H26Cl2N4O2S. The van der Waals surface area contributed by atoms with E-state index in [0.29, 0.717) is 20.9 Å². The van der Waals surface area contributed by atoms with Crippen LogP contribution in [0, 0.1) is 13.8 Å². The zero-order valence-corrected chi connectivity index (χ0v) is 23.2. The molecule has 0 amide bonds. The van der Waals surface area contributed by atoms with Gasteiger partial charge in [-0.05, 0) is 86.2 Å². The van der Waals surface area contributed by atoms with Gasteiger partial charge in [-0.3, -0.25) is 4.98 Å². The number of nitrogens with one attached hydrogen (secondary N) is 1. The van der Waals surface area contributed by atoms with E-state index in [1.807, 2.05) is 54.6 Å². The van der Waals surface area contributed by atoms with Gasteiger partial charge in [-0.15, -0.1) is 0 Å². The minimum absolute atomic E-state index is 0.190. The van der Waals surface area contributed by atoms with Crippen LogP contribution in [-0.4, -0.2) is 28.9 Å². The van der Waals surface area contributed by atoms with Crippen molar-refractivity contribution in [1.82, 2.24) is 14.9 Å². The predicted molar refractivity (Wildman–Crippen MR) is 153 cm³/mol. The van der Waals surface area contributed by atoms with Crippen LogP contribution in [0.5, 0.6) is 11.5 Å². The lowest BCUT2D eigenvalue weighted by Crippen LogP contribution is -2.29. The topological polar surface area (TPSA) is 51.5 Å². The van der Waals surface area contributed by atoms with Crippen molar-refractivity contribution in [1.29, 1.82) is 0 Å². The Kier molecular flexibility index (Phi) is 7.03. The van der Waals surface area contributed by atoms with Gasteiger partial charge in [0.25, 0.3) is 0 Å². The number of anilines is 1. The molecule has 0 saturated carbocycles. The monoisotopic (exact) mass is 552 g/mol. The Morgan fingerprint density at radius 1 is 0.946 bits per heavy atom. The molecule has 2 aromatic heterocycles. The number of methoxy groups -OCH3 is 2. The summed E-state index contributed by atoms with van der Waals surface area (Å²) in [5.41, 5.74) is 5.80. The molecule has 6 nitrogen and oxygen atoms in total.